The van der Waals surface area contributed by atoms with Gasteiger partial charge in [0, 0.05) is 45.1 Å². The minimum atomic E-state index is -4.35. The minimum Gasteiger partial charge on any atom is -0.343 e. The zero-order valence-electron chi connectivity index (χ0n) is 18.7. The van der Waals surface area contributed by atoms with E-state index in [0.29, 0.717) is 30.8 Å². The summed E-state index contributed by atoms with van der Waals surface area (Å²) in [5.74, 6) is 1.42. The molecule has 8 heteroatoms. The number of likely N-dealkylation sites (tertiary alicyclic amines) is 2. The van der Waals surface area contributed by atoms with Gasteiger partial charge in [-0.3, -0.25) is 9.59 Å². The third kappa shape index (κ3) is 4.80. The summed E-state index contributed by atoms with van der Waals surface area (Å²) in [6, 6.07) is 5.70. The molecule has 32 heavy (non-hydrogen) atoms. The van der Waals surface area contributed by atoms with Crippen LogP contribution in [0.1, 0.15) is 50.7 Å². The summed E-state index contributed by atoms with van der Waals surface area (Å²) in [5.41, 5.74) is 0.0695. The van der Waals surface area contributed by atoms with Crippen LogP contribution in [0, 0.1) is 17.8 Å². The maximum atomic E-state index is 12.8. The SMILES string of the molecule is CC(=O)N1CCC(NC[C@H]2[C@@H]3CC(=O)N(Cc4ccc(C(F)(F)F)cc4)[C@@H]3C[C@@H]2C)CC1. The van der Waals surface area contributed by atoms with Gasteiger partial charge in [-0.2, -0.15) is 13.2 Å². The van der Waals surface area contributed by atoms with Crippen LogP contribution in [0.2, 0.25) is 0 Å². The van der Waals surface area contributed by atoms with Gasteiger partial charge in [0.25, 0.3) is 0 Å². The molecule has 1 aliphatic carbocycles. The molecule has 2 heterocycles. The van der Waals surface area contributed by atoms with Crippen molar-refractivity contribution in [1.29, 1.82) is 0 Å². The van der Waals surface area contributed by atoms with Crippen molar-refractivity contribution in [2.24, 2.45) is 17.8 Å². The molecule has 1 saturated carbocycles. The number of nitrogens with one attached hydrogen (secondary N) is 1. The number of carbonyl (C=O) groups excluding carboxylic acids is 2. The number of piperidine rings is 1. The van der Waals surface area contributed by atoms with Crippen LogP contribution in [0.15, 0.2) is 24.3 Å². The number of nitrogens with zero attached hydrogens (tertiary/aromatic N) is 2. The first-order valence-electron chi connectivity index (χ1n) is 11.6. The van der Waals surface area contributed by atoms with Crippen LogP contribution < -0.4 is 5.32 Å². The summed E-state index contributed by atoms with van der Waals surface area (Å²) in [7, 11) is 0. The van der Waals surface area contributed by atoms with E-state index in [1.165, 1.54) is 12.1 Å². The Morgan fingerprint density at radius 3 is 2.41 bits per heavy atom. The number of carbonyl (C=O) groups is 2. The number of amides is 2. The Hall–Kier alpha value is -2.09. The fraction of sp³-hybridized carbons (Fsp3) is 0.667. The highest BCUT2D eigenvalue weighted by molar-refractivity contribution is 5.79. The zero-order valence-corrected chi connectivity index (χ0v) is 18.7. The number of alkyl halides is 3. The zero-order chi connectivity index (χ0) is 23.0. The molecule has 2 aliphatic heterocycles. The lowest BCUT2D eigenvalue weighted by Gasteiger charge is -2.33. The van der Waals surface area contributed by atoms with E-state index in [1.54, 1.807) is 6.92 Å². The molecule has 5 nitrogen and oxygen atoms in total. The quantitative estimate of drug-likeness (QED) is 0.743. The van der Waals surface area contributed by atoms with Crippen LogP contribution in [-0.4, -0.2) is 53.3 Å². The van der Waals surface area contributed by atoms with Gasteiger partial charge in [0.05, 0.1) is 5.56 Å². The Morgan fingerprint density at radius 2 is 1.81 bits per heavy atom. The lowest BCUT2D eigenvalue weighted by Crippen LogP contribution is -2.46. The maximum absolute atomic E-state index is 12.8. The average Bonchev–Trinajstić information content (AvgIpc) is 3.20. The van der Waals surface area contributed by atoms with Gasteiger partial charge < -0.3 is 15.1 Å². The van der Waals surface area contributed by atoms with Crippen LogP contribution in [-0.2, 0) is 22.3 Å². The van der Waals surface area contributed by atoms with Crippen molar-refractivity contribution in [3.63, 3.8) is 0 Å². The average molecular weight is 452 g/mol. The molecule has 1 aromatic carbocycles. The highest BCUT2D eigenvalue weighted by atomic mass is 19.4. The molecular weight excluding hydrogens is 419 g/mol. The van der Waals surface area contributed by atoms with Gasteiger partial charge in [-0.25, -0.2) is 0 Å². The van der Waals surface area contributed by atoms with Gasteiger partial charge in [-0.05, 0) is 61.3 Å². The molecule has 1 N–H and O–H groups in total. The van der Waals surface area contributed by atoms with E-state index in [2.05, 4.69) is 12.2 Å². The normalized spacial score (nSPS) is 29.0. The minimum absolute atomic E-state index is 0.103. The predicted octanol–water partition coefficient (Wildman–Crippen LogP) is 3.68. The number of fused-ring (bicyclic) bond motifs is 1. The molecule has 2 saturated heterocycles. The number of benzene rings is 1. The van der Waals surface area contributed by atoms with Crippen LogP contribution in [0.5, 0.6) is 0 Å². The molecule has 0 radical (unpaired) electrons. The molecule has 176 valence electrons. The topological polar surface area (TPSA) is 52.7 Å². The van der Waals surface area contributed by atoms with Gasteiger partial charge in [-0.15, -0.1) is 0 Å². The molecule has 3 fully saturated rings. The summed E-state index contributed by atoms with van der Waals surface area (Å²) >= 11 is 0. The van der Waals surface area contributed by atoms with Crippen molar-refractivity contribution in [3.05, 3.63) is 35.4 Å². The van der Waals surface area contributed by atoms with Crippen molar-refractivity contribution in [3.8, 4) is 0 Å². The van der Waals surface area contributed by atoms with Crippen LogP contribution in [0.4, 0.5) is 13.2 Å². The number of hydrogen-bond donors (Lipinski definition) is 1. The van der Waals surface area contributed by atoms with Crippen molar-refractivity contribution in [2.45, 2.75) is 64.3 Å². The van der Waals surface area contributed by atoms with E-state index in [0.717, 1.165) is 56.6 Å². The Bertz CT molecular complexity index is 834. The summed E-state index contributed by atoms with van der Waals surface area (Å²) in [4.78, 5) is 28.1. The molecule has 4 atom stereocenters. The smallest absolute Gasteiger partial charge is 0.343 e. The van der Waals surface area contributed by atoms with E-state index in [-0.39, 0.29) is 23.8 Å². The van der Waals surface area contributed by atoms with E-state index >= 15 is 0 Å². The molecule has 0 spiro atoms. The molecule has 0 unspecified atom stereocenters. The van der Waals surface area contributed by atoms with Gasteiger partial charge >= 0.3 is 6.18 Å². The lowest BCUT2D eigenvalue weighted by molar-refractivity contribution is -0.137. The molecule has 2 amide bonds. The molecule has 0 aromatic heterocycles. The van der Waals surface area contributed by atoms with Crippen LogP contribution >= 0.6 is 0 Å². The highest BCUT2D eigenvalue weighted by Gasteiger charge is 2.50. The second-order valence-electron chi connectivity index (χ2n) is 9.72. The van der Waals surface area contributed by atoms with Crippen LogP contribution in [0.25, 0.3) is 0 Å². The first-order valence-corrected chi connectivity index (χ1v) is 11.6. The first-order chi connectivity index (χ1) is 15.1. The summed E-state index contributed by atoms with van der Waals surface area (Å²) in [6.07, 6.45) is -0.991. The van der Waals surface area contributed by atoms with Crippen molar-refractivity contribution in [2.75, 3.05) is 19.6 Å². The monoisotopic (exact) mass is 451 g/mol. The number of hydrogen-bond acceptors (Lipinski definition) is 3. The first kappa shape index (κ1) is 23.1. The number of halogens is 3. The van der Waals surface area contributed by atoms with Gasteiger partial charge in [0.15, 0.2) is 0 Å². The Morgan fingerprint density at radius 1 is 1.16 bits per heavy atom. The van der Waals surface area contributed by atoms with Crippen molar-refractivity contribution in [1.82, 2.24) is 15.1 Å². The fourth-order valence-corrected chi connectivity index (χ4v) is 5.84. The predicted molar refractivity (Wildman–Crippen MR) is 114 cm³/mol. The largest absolute Gasteiger partial charge is 0.416 e. The highest BCUT2D eigenvalue weighted by Crippen LogP contribution is 2.46. The Labute approximate surface area is 187 Å². The molecule has 1 aromatic rings. The van der Waals surface area contributed by atoms with E-state index in [1.807, 2.05) is 9.80 Å². The fourth-order valence-electron chi connectivity index (χ4n) is 5.84. The second-order valence-corrected chi connectivity index (χ2v) is 9.72. The summed E-state index contributed by atoms with van der Waals surface area (Å²) in [6.45, 7) is 6.67. The second kappa shape index (κ2) is 9.04. The Balaban J connectivity index is 1.34. The Kier molecular flexibility index (Phi) is 6.52. The van der Waals surface area contributed by atoms with Gasteiger partial charge in [0.1, 0.15) is 0 Å². The maximum Gasteiger partial charge on any atom is 0.416 e. The standard InChI is InChI=1S/C24H32F3N3O2/c1-15-11-22-20(21(15)13-28-19-7-9-29(10-8-19)16(2)31)12-23(32)30(22)14-17-3-5-18(6-4-17)24(25,26)27/h3-6,15,19-22,28H,7-14H2,1-2H3/t15-,20-,21+,22+/m0/s1. The van der Waals surface area contributed by atoms with E-state index in [4.69, 9.17) is 0 Å². The summed E-state index contributed by atoms with van der Waals surface area (Å²) < 4.78 is 38.5. The molecular formula is C24H32F3N3O2. The van der Waals surface area contributed by atoms with Crippen molar-refractivity contribution < 1.29 is 22.8 Å². The molecule has 4 rings (SSSR count). The van der Waals surface area contributed by atoms with Gasteiger partial charge in [-0.1, -0.05) is 19.1 Å². The van der Waals surface area contributed by atoms with E-state index < -0.39 is 11.7 Å². The van der Waals surface area contributed by atoms with Gasteiger partial charge in [0.2, 0.25) is 11.8 Å². The van der Waals surface area contributed by atoms with Crippen molar-refractivity contribution >= 4 is 11.8 Å². The van der Waals surface area contributed by atoms with Crippen LogP contribution in [0.3, 0.4) is 0 Å². The summed E-state index contributed by atoms with van der Waals surface area (Å²) in [5, 5.41) is 3.69. The third-order valence-corrected chi connectivity index (χ3v) is 7.74. The van der Waals surface area contributed by atoms with E-state index in [9.17, 15) is 22.8 Å². The molecule has 3 aliphatic rings. The molecule has 0 bridgehead atoms. The number of rotatable bonds is 5. The third-order valence-electron chi connectivity index (χ3n) is 7.74. The lowest BCUT2D eigenvalue weighted by atomic mass is 9.88.